The third-order valence-electron chi connectivity index (χ3n) is 6.56. The zero-order valence-electron chi connectivity index (χ0n) is 20.6. The van der Waals surface area contributed by atoms with Crippen molar-refractivity contribution in [3.05, 3.63) is 58.9 Å². The van der Waals surface area contributed by atoms with Gasteiger partial charge in [0.15, 0.2) is 17.2 Å². The van der Waals surface area contributed by atoms with E-state index in [0.717, 1.165) is 0 Å². The fourth-order valence-electron chi connectivity index (χ4n) is 5.06. The number of carbonyl (C=O) groups is 4. The summed E-state index contributed by atoms with van der Waals surface area (Å²) in [4.78, 5) is 50.0. The van der Waals surface area contributed by atoms with Crippen molar-refractivity contribution in [2.45, 2.75) is 57.6 Å². The molecule has 192 valence electrons. The Labute approximate surface area is 209 Å². The summed E-state index contributed by atoms with van der Waals surface area (Å²) in [6, 6.07) is 2.90. The molecule has 0 saturated carbocycles. The second kappa shape index (κ2) is 9.73. The molecule has 2 amide bonds. The highest BCUT2D eigenvalue weighted by Crippen LogP contribution is 2.49. The van der Waals surface area contributed by atoms with Crippen LogP contribution in [0.3, 0.4) is 0 Å². The Hall–Kier alpha value is -3.72. The number of aromatic hydroxyl groups is 1. The highest BCUT2D eigenvalue weighted by Gasteiger charge is 2.55. The number of rotatable bonds is 7. The SMILES string of the molecule is C=CC[C@@H]1C[C@@H]2Cc3c(/C=C/C(=O)NC(C)(C)C)ccc(O)c3C(=O)C2=C(O)[C@]1(O)C(=O)CC(N)=O. The number of phenols is 1. The van der Waals surface area contributed by atoms with E-state index in [4.69, 9.17) is 5.73 Å². The molecular formula is C27H32N2O7. The lowest BCUT2D eigenvalue weighted by Crippen LogP contribution is -2.54. The van der Waals surface area contributed by atoms with Gasteiger partial charge in [-0.3, -0.25) is 19.2 Å². The Morgan fingerprint density at radius 2 is 1.92 bits per heavy atom. The molecule has 0 fully saturated rings. The van der Waals surface area contributed by atoms with Crippen LogP contribution in [0.2, 0.25) is 0 Å². The van der Waals surface area contributed by atoms with E-state index in [9.17, 15) is 34.5 Å². The van der Waals surface area contributed by atoms with E-state index < -0.39 is 52.6 Å². The molecule has 1 aromatic rings. The van der Waals surface area contributed by atoms with Crippen molar-refractivity contribution in [2.24, 2.45) is 17.6 Å². The Balaban J connectivity index is 2.11. The Kier molecular flexibility index (Phi) is 7.27. The molecule has 1 aromatic carbocycles. The lowest BCUT2D eigenvalue weighted by molar-refractivity contribution is -0.146. The van der Waals surface area contributed by atoms with Gasteiger partial charge in [0.2, 0.25) is 11.8 Å². The molecule has 9 nitrogen and oxygen atoms in total. The van der Waals surface area contributed by atoms with Gasteiger partial charge >= 0.3 is 0 Å². The number of hydrogen-bond acceptors (Lipinski definition) is 7. The van der Waals surface area contributed by atoms with Crippen LogP contribution in [0.4, 0.5) is 0 Å². The van der Waals surface area contributed by atoms with E-state index in [-0.39, 0.29) is 42.1 Å². The molecular weight excluding hydrogens is 464 g/mol. The maximum Gasteiger partial charge on any atom is 0.244 e. The van der Waals surface area contributed by atoms with Crippen LogP contribution < -0.4 is 11.1 Å². The van der Waals surface area contributed by atoms with E-state index in [2.05, 4.69) is 11.9 Å². The number of nitrogens with one attached hydrogen (secondary N) is 1. The molecule has 0 unspecified atom stereocenters. The number of nitrogens with two attached hydrogens (primary N) is 1. The van der Waals surface area contributed by atoms with Crippen LogP contribution >= 0.6 is 0 Å². The summed E-state index contributed by atoms with van der Waals surface area (Å²) >= 11 is 0. The number of Topliss-reactive ketones (excluding diaryl/α,β-unsaturated/α-hetero) is 2. The van der Waals surface area contributed by atoms with Crippen molar-refractivity contribution >= 4 is 29.5 Å². The van der Waals surface area contributed by atoms with Crippen LogP contribution in [0.1, 0.15) is 61.5 Å². The van der Waals surface area contributed by atoms with Crippen molar-refractivity contribution in [3.63, 3.8) is 0 Å². The number of aliphatic hydroxyl groups excluding tert-OH is 1. The summed E-state index contributed by atoms with van der Waals surface area (Å²) in [5, 5.41) is 35.8. The molecule has 0 bridgehead atoms. The maximum atomic E-state index is 13.5. The number of phenolic OH excluding ortho intramolecular Hbond substituents is 1. The first-order valence-electron chi connectivity index (χ1n) is 11.7. The van der Waals surface area contributed by atoms with E-state index in [1.165, 1.54) is 18.2 Å². The number of primary amides is 1. The Bertz CT molecular complexity index is 1210. The van der Waals surface area contributed by atoms with Crippen LogP contribution in [0, 0.1) is 11.8 Å². The zero-order chi connectivity index (χ0) is 27.0. The maximum absolute atomic E-state index is 13.5. The Morgan fingerprint density at radius 1 is 1.25 bits per heavy atom. The molecule has 2 aliphatic carbocycles. The summed E-state index contributed by atoms with van der Waals surface area (Å²) in [5.41, 5.74) is 3.01. The quantitative estimate of drug-likeness (QED) is 0.219. The molecule has 3 atom stereocenters. The number of amides is 2. The lowest BCUT2D eigenvalue weighted by Gasteiger charge is -2.43. The highest BCUT2D eigenvalue weighted by molar-refractivity contribution is 6.15. The van der Waals surface area contributed by atoms with Gasteiger partial charge in [0.1, 0.15) is 11.5 Å². The van der Waals surface area contributed by atoms with Crippen molar-refractivity contribution in [3.8, 4) is 5.75 Å². The first-order valence-corrected chi connectivity index (χ1v) is 11.7. The fourth-order valence-corrected chi connectivity index (χ4v) is 5.06. The number of hydrogen-bond donors (Lipinski definition) is 5. The average molecular weight is 497 g/mol. The Morgan fingerprint density at radius 3 is 2.50 bits per heavy atom. The van der Waals surface area contributed by atoms with E-state index in [1.807, 2.05) is 20.8 Å². The van der Waals surface area contributed by atoms with Gasteiger partial charge in [0.25, 0.3) is 0 Å². The van der Waals surface area contributed by atoms with Crippen LogP contribution in [0.5, 0.6) is 5.75 Å². The van der Waals surface area contributed by atoms with Crippen molar-refractivity contribution in [2.75, 3.05) is 0 Å². The van der Waals surface area contributed by atoms with Gasteiger partial charge in [0, 0.05) is 23.1 Å². The largest absolute Gasteiger partial charge is 0.508 e. The number of benzene rings is 1. The second-order valence-electron chi connectivity index (χ2n) is 10.4. The minimum Gasteiger partial charge on any atom is -0.508 e. The molecule has 2 aliphatic rings. The molecule has 0 heterocycles. The summed E-state index contributed by atoms with van der Waals surface area (Å²) in [5.74, 6) is -5.61. The number of aliphatic hydroxyl groups is 2. The summed E-state index contributed by atoms with van der Waals surface area (Å²) in [7, 11) is 0. The lowest BCUT2D eigenvalue weighted by atomic mass is 9.62. The van der Waals surface area contributed by atoms with Crippen LogP contribution in [-0.4, -0.2) is 49.8 Å². The standard InChI is InChI=1S/C27H32N2O7/c1-5-6-16-11-15-12-17-14(8-10-21(33)29-26(2,3)4)7-9-18(30)23(17)24(34)22(15)25(35)27(16,36)19(31)13-20(28)32/h5,7-10,15-16,30,35-36H,1,6,11-13H2,2-4H3,(H2,28,32)(H,29,33)/b10-8+/t15-,16-,27-/m1/s1. The molecule has 36 heavy (non-hydrogen) atoms. The average Bonchev–Trinajstić information content (AvgIpc) is 2.75. The number of ketones is 2. The van der Waals surface area contributed by atoms with Crippen LogP contribution in [0.25, 0.3) is 6.08 Å². The summed E-state index contributed by atoms with van der Waals surface area (Å²) < 4.78 is 0. The zero-order valence-corrected chi connectivity index (χ0v) is 20.6. The first-order chi connectivity index (χ1) is 16.7. The molecule has 9 heteroatoms. The first kappa shape index (κ1) is 26.9. The van der Waals surface area contributed by atoms with Gasteiger partial charge in [-0.25, -0.2) is 0 Å². The van der Waals surface area contributed by atoms with E-state index in [1.54, 1.807) is 12.1 Å². The summed E-state index contributed by atoms with van der Waals surface area (Å²) in [6.07, 6.45) is 4.05. The monoisotopic (exact) mass is 496 g/mol. The minimum absolute atomic E-state index is 0.0712. The van der Waals surface area contributed by atoms with Crippen LogP contribution in [-0.2, 0) is 20.8 Å². The molecule has 0 saturated heterocycles. The second-order valence-corrected chi connectivity index (χ2v) is 10.4. The number of allylic oxidation sites excluding steroid dienone is 2. The smallest absolute Gasteiger partial charge is 0.244 e. The van der Waals surface area contributed by atoms with Gasteiger partial charge in [-0.1, -0.05) is 12.1 Å². The van der Waals surface area contributed by atoms with Crippen molar-refractivity contribution in [1.82, 2.24) is 5.32 Å². The van der Waals surface area contributed by atoms with Gasteiger partial charge in [-0.15, -0.1) is 6.58 Å². The topological polar surface area (TPSA) is 167 Å². The summed E-state index contributed by atoms with van der Waals surface area (Å²) in [6.45, 7) is 9.19. The fraction of sp³-hybridized carbons (Fsp3) is 0.407. The third-order valence-corrected chi connectivity index (χ3v) is 6.56. The number of carbonyl (C=O) groups excluding carboxylic acids is 4. The van der Waals surface area contributed by atoms with Gasteiger partial charge < -0.3 is 26.4 Å². The molecule has 3 rings (SSSR count). The molecule has 6 N–H and O–H groups in total. The van der Waals surface area contributed by atoms with Crippen LogP contribution in [0.15, 0.2) is 42.2 Å². The normalized spacial score (nSPS) is 23.7. The van der Waals surface area contributed by atoms with Crippen molar-refractivity contribution in [1.29, 1.82) is 0 Å². The molecule has 0 aromatic heterocycles. The minimum atomic E-state index is -2.49. The molecule has 0 spiro atoms. The highest BCUT2D eigenvalue weighted by atomic mass is 16.3. The molecule has 0 aliphatic heterocycles. The molecule has 0 radical (unpaired) electrons. The third kappa shape index (κ3) is 4.97. The number of fused-ring (bicyclic) bond motifs is 2. The van der Waals surface area contributed by atoms with Crippen molar-refractivity contribution < 1.29 is 34.5 Å². The predicted molar refractivity (Wildman–Crippen MR) is 133 cm³/mol. The van der Waals surface area contributed by atoms with Gasteiger partial charge in [-0.2, -0.15) is 0 Å². The van der Waals surface area contributed by atoms with E-state index >= 15 is 0 Å². The van der Waals surface area contributed by atoms with Gasteiger partial charge in [0.05, 0.1) is 12.0 Å². The van der Waals surface area contributed by atoms with E-state index in [0.29, 0.717) is 11.1 Å². The van der Waals surface area contributed by atoms with Gasteiger partial charge in [-0.05, 0) is 69.2 Å². The predicted octanol–water partition coefficient (Wildman–Crippen LogP) is 2.26.